The summed E-state index contributed by atoms with van der Waals surface area (Å²) in [5.74, 6) is -0.902. The summed E-state index contributed by atoms with van der Waals surface area (Å²) in [7, 11) is 0. The maximum absolute atomic E-state index is 12.3. The van der Waals surface area contributed by atoms with E-state index in [-0.39, 0.29) is 24.0 Å². The van der Waals surface area contributed by atoms with Crippen LogP contribution in [0, 0.1) is 0 Å². The molecule has 0 spiro atoms. The number of rotatable bonds is 5. The fraction of sp³-hybridized carbons (Fsp3) is 0.333. The first kappa shape index (κ1) is 21.6. The van der Waals surface area contributed by atoms with E-state index >= 15 is 0 Å². The lowest BCUT2D eigenvalue weighted by molar-refractivity contribution is -0.274. The van der Waals surface area contributed by atoms with E-state index in [0.29, 0.717) is 31.6 Å². The fourth-order valence-corrected chi connectivity index (χ4v) is 3.12. The van der Waals surface area contributed by atoms with Gasteiger partial charge in [0.1, 0.15) is 5.75 Å². The summed E-state index contributed by atoms with van der Waals surface area (Å²) in [6.07, 6.45) is -3.74. The Kier molecular flexibility index (Phi) is 6.61. The summed E-state index contributed by atoms with van der Waals surface area (Å²) in [6, 6.07) is 11.4. The van der Waals surface area contributed by atoms with Gasteiger partial charge in [0.25, 0.3) is 5.91 Å². The lowest BCUT2D eigenvalue weighted by Gasteiger charge is -2.29. The molecule has 1 heterocycles. The number of hydrogen-bond donors (Lipinski definition) is 2. The predicted octanol–water partition coefficient (Wildman–Crippen LogP) is 3.36. The number of piperidine rings is 1. The maximum atomic E-state index is 12.3. The number of likely N-dealkylation sites (tertiary alicyclic amines) is 1. The Morgan fingerprint density at radius 1 is 1.03 bits per heavy atom. The highest BCUT2D eigenvalue weighted by Gasteiger charge is 2.31. The molecular formula is C21H21F3N2O4. The number of carbonyl (C=O) groups is 2. The molecule has 0 aliphatic carbocycles. The van der Waals surface area contributed by atoms with Crippen LogP contribution in [0.15, 0.2) is 48.5 Å². The van der Waals surface area contributed by atoms with E-state index in [2.05, 4.69) is 10.1 Å². The highest BCUT2D eigenvalue weighted by molar-refractivity contribution is 6.04. The molecule has 0 radical (unpaired) electrons. The molecule has 2 N–H and O–H groups in total. The van der Waals surface area contributed by atoms with Crippen LogP contribution in [0.4, 0.5) is 18.9 Å². The number of benzene rings is 2. The van der Waals surface area contributed by atoms with Gasteiger partial charge in [0.05, 0.1) is 12.5 Å². The van der Waals surface area contributed by atoms with Crippen LogP contribution in [0.3, 0.4) is 0 Å². The third-order valence-corrected chi connectivity index (χ3v) is 4.73. The fourth-order valence-electron chi connectivity index (χ4n) is 3.12. The number of aliphatic hydroxyl groups excluding tert-OH is 1. The minimum atomic E-state index is -4.79. The Labute approximate surface area is 171 Å². The number of amides is 2. The highest BCUT2D eigenvalue weighted by atomic mass is 19.4. The molecule has 2 aromatic carbocycles. The van der Waals surface area contributed by atoms with Crippen molar-refractivity contribution in [2.45, 2.75) is 31.7 Å². The Balaban J connectivity index is 1.53. The number of ether oxygens (including phenoxy) is 1. The van der Waals surface area contributed by atoms with Crippen LogP contribution in [0.25, 0.3) is 0 Å². The third kappa shape index (κ3) is 6.21. The molecule has 1 aliphatic rings. The molecule has 1 aliphatic heterocycles. The van der Waals surface area contributed by atoms with Gasteiger partial charge in [-0.05, 0) is 54.8 Å². The summed E-state index contributed by atoms with van der Waals surface area (Å²) in [5.41, 5.74) is 1.46. The van der Waals surface area contributed by atoms with Crippen LogP contribution >= 0.6 is 0 Å². The van der Waals surface area contributed by atoms with E-state index in [1.165, 1.54) is 12.1 Å². The van der Waals surface area contributed by atoms with Gasteiger partial charge in [0, 0.05) is 24.3 Å². The van der Waals surface area contributed by atoms with Crippen LogP contribution in [0.1, 0.15) is 28.8 Å². The Hall–Kier alpha value is -3.07. The van der Waals surface area contributed by atoms with Crippen molar-refractivity contribution in [1.29, 1.82) is 0 Å². The Bertz CT molecular complexity index is 875. The van der Waals surface area contributed by atoms with E-state index in [4.69, 9.17) is 0 Å². The number of nitrogens with one attached hydrogen (secondary N) is 1. The second kappa shape index (κ2) is 9.17. The Morgan fingerprint density at radius 2 is 1.63 bits per heavy atom. The van der Waals surface area contributed by atoms with Gasteiger partial charge in [-0.3, -0.25) is 9.59 Å². The van der Waals surface area contributed by atoms with E-state index in [1.54, 1.807) is 29.2 Å². The largest absolute Gasteiger partial charge is 0.573 e. The van der Waals surface area contributed by atoms with Crippen molar-refractivity contribution in [3.63, 3.8) is 0 Å². The van der Waals surface area contributed by atoms with Crippen molar-refractivity contribution in [2.75, 3.05) is 18.4 Å². The molecule has 1 saturated heterocycles. The number of carbonyl (C=O) groups excluding carboxylic acids is 2. The van der Waals surface area contributed by atoms with Gasteiger partial charge in [0.15, 0.2) is 0 Å². The van der Waals surface area contributed by atoms with Gasteiger partial charge < -0.3 is 20.1 Å². The summed E-state index contributed by atoms with van der Waals surface area (Å²) < 4.78 is 40.3. The number of anilines is 1. The van der Waals surface area contributed by atoms with Crippen LogP contribution in [0.5, 0.6) is 5.75 Å². The molecule has 160 valence electrons. The van der Waals surface area contributed by atoms with Crippen molar-refractivity contribution in [1.82, 2.24) is 4.90 Å². The SMILES string of the molecule is O=C(Nc1ccc(CC(=O)N2CCC(O)CC2)cc1)c1ccc(OC(F)(F)F)cc1. The summed E-state index contributed by atoms with van der Waals surface area (Å²) in [4.78, 5) is 26.3. The lowest BCUT2D eigenvalue weighted by Crippen LogP contribution is -2.40. The maximum Gasteiger partial charge on any atom is 0.573 e. The summed E-state index contributed by atoms with van der Waals surface area (Å²) in [5, 5.41) is 12.2. The first-order valence-corrected chi connectivity index (χ1v) is 9.41. The quantitative estimate of drug-likeness (QED) is 0.775. The molecule has 0 saturated carbocycles. The second-order valence-corrected chi connectivity index (χ2v) is 7.01. The first-order valence-electron chi connectivity index (χ1n) is 9.41. The number of hydrogen-bond acceptors (Lipinski definition) is 4. The van der Waals surface area contributed by atoms with Gasteiger partial charge in [-0.1, -0.05) is 12.1 Å². The second-order valence-electron chi connectivity index (χ2n) is 7.01. The average molecular weight is 422 g/mol. The molecule has 1 fully saturated rings. The monoisotopic (exact) mass is 422 g/mol. The minimum Gasteiger partial charge on any atom is -0.406 e. The zero-order valence-corrected chi connectivity index (χ0v) is 16.0. The molecule has 2 amide bonds. The Morgan fingerprint density at radius 3 is 2.20 bits per heavy atom. The molecule has 6 nitrogen and oxygen atoms in total. The summed E-state index contributed by atoms with van der Waals surface area (Å²) in [6.45, 7) is 1.09. The van der Waals surface area contributed by atoms with Crippen molar-refractivity contribution in [3.8, 4) is 5.75 Å². The van der Waals surface area contributed by atoms with Gasteiger partial charge in [-0.15, -0.1) is 13.2 Å². The summed E-state index contributed by atoms with van der Waals surface area (Å²) >= 11 is 0. The van der Waals surface area contributed by atoms with Gasteiger partial charge in [0.2, 0.25) is 5.91 Å². The van der Waals surface area contributed by atoms with Crippen molar-refractivity contribution in [2.24, 2.45) is 0 Å². The van der Waals surface area contributed by atoms with E-state index < -0.39 is 18.0 Å². The molecule has 2 aromatic rings. The van der Waals surface area contributed by atoms with Gasteiger partial charge in [-0.25, -0.2) is 0 Å². The van der Waals surface area contributed by atoms with Gasteiger partial charge >= 0.3 is 6.36 Å². The van der Waals surface area contributed by atoms with Crippen molar-refractivity contribution >= 4 is 17.5 Å². The number of aliphatic hydroxyl groups is 1. The van der Waals surface area contributed by atoms with E-state index in [0.717, 1.165) is 17.7 Å². The smallest absolute Gasteiger partial charge is 0.406 e. The standard InChI is InChI=1S/C21H21F3N2O4/c22-21(23,24)30-18-7-3-15(4-8-18)20(29)25-16-5-1-14(2-6-16)13-19(28)26-11-9-17(27)10-12-26/h1-8,17,27H,9-13H2,(H,25,29). The van der Waals surface area contributed by atoms with Crippen LogP contribution in [-0.2, 0) is 11.2 Å². The van der Waals surface area contributed by atoms with Crippen LogP contribution < -0.4 is 10.1 Å². The van der Waals surface area contributed by atoms with E-state index in [9.17, 15) is 27.9 Å². The van der Waals surface area contributed by atoms with Crippen molar-refractivity contribution in [3.05, 3.63) is 59.7 Å². The molecule has 9 heteroatoms. The normalized spacial score (nSPS) is 15.0. The third-order valence-electron chi connectivity index (χ3n) is 4.73. The first-order chi connectivity index (χ1) is 14.2. The molecule has 0 unspecified atom stereocenters. The topological polar surface area (TPSA) is 78.9 Å². The number of alkyl halides is 3. The molecule has 0 bridgehead atoms. The number of halogens is 3. The van der Waals surface area contributed by atoms with Gasteiger partial charge in [-0.2, -0.15) is 0 Å². The molecule has 0 atom stereocenters. The molecular weight excluding hydrogens is 401 g/mol. The lowest BCUT2D eigenvalue weighted by atomic mass is 10.1. The predicted molar refractivity (Wildman–Crippen MR) is 103 cm³/mol. The van der Waals surface area contributed by atoms with Crippen LogP contribution in [-0.4, -0.2) is 47.4 Å². The zero-order valence-electron chi connectivity index (χ0n) is 16.0. The average Bonchev–Trinajstić information content (AvgIpc) is 2.69. The molecule has 30 heavy (non-hydrogen) atoms. The van der Waals surface area contributed by atoms with Crippen molar-refractivity contribution < 1.29 is 32.6 Å². The highest BCUT2D eigenvalue weighted by Crippen LogP contribution is 2.23. The zero-order chi connectivity index (χ0) is 21.7. The van der Waals surface area contributed by atoms with Crippen LogP contribution in [0.2, 0.25) is 0 Å². The number of nitrogens with zero attached hydrogens (tertiary/aromatic N) is 1. The van der Waals surface area contributed by atoms with E-state index in [1.807, 2.05) is 0 Å². The minimum absolute atomic E-state index is 0.0140. The molecule has 0 aromatic heterocycles. The molecule has 3 rings (SSSR count).